The van der Waals surface area contributed by atoms with Crippen molar-refractivity contribution >= 4 is 27.5 Å². The summed E-state index contributed by atoms with van der Waals surface area (Å²) in [6, 6.07) is 0. The molecule has 1 aromatic rings. The van der Waals surface area contributed by atoms with Gasteiger partial charge in [0.15, 0.2) is 0 Å². The van der Waals surface area contributed by atoms with Gasteiger partial charge in [0.1, 0.15) is 0 Å². The topological polar surface area (TPSA) is 21.1 Å². The van der Waals surface area contributed by atoms with Crippen LogP contribution in [-0.4, -0.2) is 40.1 Å². The molecule has 0 aromatic carbocycles. The zero-order valence-electron chi connectivity index (χ0n) is 10.5. The fraction of sp³-hybridized carbons (Fsp3) is 0.727. The van der Waals surface area contributed by atoms with Gasteiger partial charge in [-0.15, -0.1) is 11.6 Å². The van der Waals surface area contributed by atoms with Crippen molar-refractivity contribution in [2.45, 2.75) is 26.3 Å². The smallest absolute Gasteiger partial charge is 0.251 e. The molecule has 0 atom stereocenters. The number of rotatable bonds is 7. The lowest BCUT2D eigenvalue weighted by Gasteiger charge is -2.20. The van der Waals surface area contributed by atoms with E-state index in [0.717, 1.165) is 22.3 Å². The number of aromatic nitrogens is 2. The van der Waals surface area contributed by atoms with E-state index >= 15 is 0 Å². The number of halogens is 4. The van der Waals surface area contributed by atoms with Gasteiger partial charge in [-0.05, 0) is 22.4 Å². The molecule has 104 valence electrons. The van der Waals surface area contributed by atoms with Crippen LogP contribution in [0.4, 0.5) is 8.78 Å². The molecule has 0 aliphatic carbocycles. The maximum Gasteiger partial charge on any atom is 0.251 e. The molecule has 0 saturated heterocycles. The minimum absolute atomic E-state index is 0.272. The molecule has 1 heterocycles. The molecule has 0 amide bonds. The molecule has 18 heavy (non-hydrogen) atoms. The van der Waals surface area contributed by atoms with Gasteiger partial charge in [0.2, 0.25) is 0 Å². The Morgan fingerprint density at radius 1 is 1.50 bits per heavy atom. The quantitative estimate of drug-likeness (QED) is 0.709. The zero-order valence-corrected chi connectivity index (χ0v) is 12.8. The minimum Gasteiger partial charge on any atom is -0.291 e. The first-order valence-electron chi connectivity index (χ1n) is 5.76. The lowest BCUT2D eigenvalue weighted by molar-refractivity contribution is 0.0866. The third kappa shape index (κ3) is 4.17. The van der Waals surface area contributed by atoms with Crippen molar-refractivity contribution in [1.29, 1.82) is 0 Å². The van der Waals surface area contributed by atoms with Crippen molar-refractivity contribution in [3.05, 3.63) is 15.9 Å². The summed E-state index contributed by atoms with van der Waals surface area (Å²) in [5, 5.41) is 4.34. The van der Waals surface area contributed by atoms with E-state index in [4.69, 9.17) is 11.6 Å². The largest absolute Gasteiger partial charge is 0.291 e. The van der Waals surface area contributed by atoms with Crippen molar-refractivity contribution in [2.24, 2.45) is 7.05 Å². The first kappa shape index (κ1) is 15.9. The average molecular weight is 345 g/mol. The highest BCUT2D eigenvalue weighted by atomic mass is 79.9. The summed E-state index contributed by atoms with van der Waals surface area (Å²) in [6.45, 7) is 2.59. The molecule has 1 rings (SSSR count). The number of hydrogen-bond donors (Lipinski definition) is 0. The average Bonchev–Trinajstić information content (AvgIpc) is 2.56. The van der Waals surface area contributed by atoms with Crippen molar-refractivity contribution in [3.63, 3.8) is 0 Å². The van der Waals surface area contributed by atoms with Gasteiger partial charge in [0.05, 0.1) is 22.4 Å². The van der Waals surface area contributed by atoms with E-state index in [1.165, 1.54) is 0 Å². The highest BCUT2D eigenvalue weighted by molar-refractivity contribution is 9.10. The van der Waals surface area contributed by atoms with Crippen LogP contribution in [0.5, 0.6) is 0 Å². The molecule has 0 saturated carbocycles. The molecule has 7 heteroatoms. The lowest BCUT2D eigenvalue weighted by Crippen LogP contribution is -2.31. The molecule has 1 aromatic heterocycles. The standard InChI is InChI=1S/C11H17BrClF2N3/c1-3-8-11(12)9(17(2)16-8)6-18(5-4-13)7-10(14)15/h10H,3-7H2,1-2H3. The third-order valence-corrected chi connectivity index (χ3v) is 3.76. The maximum absolute atomic E-state index is 12.5. The highest BCUT2D eigenvalue weighted by Gasteiger charge is 2.18. The summed E-state index contributed by atoms with van der Waals surface area (Å²) < 4.78 is 27.6. The second kappa shape index (κ2) is 7.40. The Labute approximate surface area is 119 Å². The van der Waals surface area contributed by atoms with Crippen LogP contribution in [0.2, 0.25) is 0 Å². The van der Waals surface area contributed by atoms with Crippen LogP contribution in [0, 0.1) is 0 Å². The Bertz CT molecular complexity index is 385. The van der Waals surface area contributed by atoms with E-state index < -0.39 is 6.43 Å². The Balaban J connectivity index is 2.82. The van der Waals surface area contributed by atoms with Gasteiger partial charge < -0.3 is 0 Å². The van der Waals surface area contributed by atoms with Crippen LogP contribution in [-0.2, 0) is 20.0 Å². The molecular formula is C11H17BrClF2N3. The van der Waals surface area contributed by atoms with Gasteiger partial charge in [-0.25, -0.2) is 8.78 Å². The summed E-state index contributed by atoms with van der Waals surface area (Å²) >= 11 is 9.11. The van der Waals surface area contributed by atoms with Gasteiger partial charge in [0.25, 0.3) is 6.43 Å². The van der Waals surface area contributed by atoms with Crippen molar-refractivity contribution in [2.75, 3.05) is 19.0 Å². The predicted molar refractivity (Wildman–Crippen MR) is 72.3 cm³/mol. The van der Waals surface area contributed by atoms with E-state index in [1.807, 2.05) is 14.0 Å². The first-order valence-corrected chi connectivity index (χ1v) is 7.09. The molecule has 0 aliphatic heterocycles. The molecule has 0 fully saturated rings. The SMILES string of the molecule is CCc1nn(C)c(CN(CCCl)CC(F)F)c1Br. The Morgan fingerprint density at radius 3 is 2.61 bits per heavy atom. The summed E-state index contributed by atoms with van der Waals surface area (Å²) in [5.41, 5.74) is 1.84. The fourth-order valence-corrected chi connectivity index (χ4v) is 2.73. The molecule has 0 N–H and O–H groups in total. The van der Waals surface area contributed by atoms with Crippen molar-refractivity contribution in [1.82, 2.24) is 14.7 Å². The van der Waals surface area contributed by atoms with E-state index in [2.05, 4.69) is 21.0 Å². The van der Waals surface area contributed by atoms with Gasteiger partial charge in [-0.3, -0.25) is 9.58 Å². The zero-order chi connectivity index (χ0) is 13.7. The van der Waals surface area contributed by atoms with Crippen LogP contribution < -0.4 is 0 Å². The van der Waals surface area contributed by atoms with Crippen molar-refractivity contribution in [3.8, 4) is 0 Å². The predicted octanol–water partition coefficient (Wildman–Crippen LogP) is 3.05. The van der Waals surface area contributed by atoms with E-state index in [1.54, 1.807) is 9.58 Å². The van der Waals surface area contributed by atoms with E-state index in [9.17, 15) is 8.78 Å². The number of nitrogens with zero attached hydrogens (tertiary/aromatic N) is 3. The molecule has 0 bridgehead atoms. The number of hydrogen-bond acceptors (Lipinski definition) is 2. The van der Waals surface area contributed by atoms with Crippen molar-refractivity contribution < 1.29 is 8.78 Å². The summed E-state index contributed by atoms with van der Waals surface area (Å²) in [5.74, 6) is 0.336. The second-order valence-electron chi connectivity index (χ2n) is 4.00. The Kier molecular flexibility index (Phi) is 6.52. The van der Waals surface area contributed by atoms with Crippen LogP contribution in [0.25, 0.3) is 0 Å². The number of aryl methyl sites for hydroxylation is 2. The van der Waals surface area contributed by atoms with Gasteiger partial charge in [-0.1, -0.05) is 6.92 Å². The molecule has 0 aliphatic rings. The molecule has 0 radical (unpaired) electrons. The summed E-state index contributed by atoms with van der Waals surface area (Å²) in [6.07, 6.45) is -1.55. The van der Waals surface area contributed by atoms with Gasteiger partial charge in [-0.2, -0.15) is 5.10 Å². The monoisotopic (exact) mass is 343 g/mol. The Hall–Kier alpha value is -0.200. The highest BCUT2D eigenvalue weighted by Crippen LogP contribution is 2.23. The summed E-state index contributed by atoms with van der Waals surface area (Å²) in [7, 11) is 1.82. The molecule has 3 nitrogen and oxygen atoms in total. The minimum atomic E-state index is -2.36. The lowest BCUT2D eigenvalue weighted by atomic mass is 10.3. The van der Waals surface area contributed by atoms with Gasteiger partial charge >= 0.3 is 0 Å². The molecule has 0 spiro atoms. The van der Waals surface area contributed by atoms with Gasteiger partial charge in [0, 0.05) is 26.0 Å². The number of alkyl halides is 3. The third-order valence-electron chi connectivity index (χ3n) is 2.67. The van der Waals surface area contributed by atoms with E-state index in [-0.39, 0.29) is 6.54 Å². The maximum atomic E-state index is 12.5. The van der Waals surface area contributed by atoms with Crippen LogP contribution in [0.1, 0.15) is 18.3 Å². The second-order valence-corrected chi connectivity index (χ2v) is 5.17. The molecular weight excluding hydrogens is 327 g/mol. The van der Waals surface area contributed by atoms with Crippen LogP contribution in [0.15, 0.2) is 4.47 Å². The fourth-order valence-electron chi connectivity index (χ4n) is 1.75. The Morgan fingerprint density at radius 2 is 2.17 bits per heavy atom. The normalized spacial score (nSPS) is 11.8. The summed E-state index contributed by atoms with van der Waals surface area (Å²) in [4.78, 5) is 1.64. The van der Waals surface area contributed by atoms with Crippen LogP contribution in [0.3, 0.4) is 0 Å². The van der Waals surface area contributed by atoms with Crippen LogP contribution >= 0.6 is 27.5 Å². The first-order chi connectivity index (χ1) is 8.49. The molecule has 0 unspecified atom stereocenters. The van der Waals surface area contributed by atoms with E-state index in [0.29, 0.717) is 19.0 Å².